The minimum atomic E-state index is 0.348. The predicted molar refractivity (Wildman–Crippen MR) is 70.0 cm³/mol. The van der Waals surface area contributed by atoms with Crippen LogP contribution in [0, 0.1) is 11.8 Å². The van der Waals surface area contributed by atoms with Gasteiger partial charge in [-0.2, -0.15) is 0 Å². The van der Waals surface area contributed by atoms with Gasteiger partial charge in [0.15, 0.2) is 0 Å². The number of hydrogen-bond donors (Lipinski definition) is 1. The van der Waals surface area contributed by atoms with Crippen LogP contribution in [-0.4, -0.2) is 29.5 Å². The maximum atomic E-state index is 5.65. The number of nitrogens with two attached hydrogens (primary N) is 1. The molecular weight excluding hydrogens is 204 g/mol. The average molecular weight is 228 g/mol. The Labute approximate surface area is 99.2 Å². The zero-order valence-electron chi connectivity index (χ0n) is 10.0. The highest BCUT2D eigenvalue weighted by Gasteiger charge is 2.19. The fourth-order valence-electron chi connectivity index (χ4n) is 2.37. The molecule has 3 heteroatoms. The molecule has 1 aliphatic carbocycles. The van der Waals surface area contributed by atoms with E-state index in [2.05, 4.69) is 18.7 Å². The third kappa shape index (κ3) is 4.47. The zero-order valence-corrected chi connectivity index (χ0v) is 10.9. The van der Waals surface area contributed by atoms with Gasteiger partial charge in [-0.1, -0.05) is 38.9 Å². The van der Waals surface area contributed by atoms with E-state index in [1.807, 2.05) is 0 Å². The summed E-state index contributed by atoms with van der Waals surface area (Å²) in [5.74, 6) is 1.27. The van der Waals surface area contributed by atoms with Crippen LogP contribution >= 0.6 is 12.2 Å². The first kappa shape index (κ1) is 12.9. The molecule has 0 aromatic rings. The molecule has 0 aromatic heterocycles. The molecule has 0 heterocycles. The maximum absolute atomic E-state index is 5.65. The number of thiocarbonyl (C=S) groups is 1. The van der Waals surface area contributed by atoms with Crippen molar-refractivity contribution in [1.82, 2.24) is 4.90 Å². The van der Waals surface area contributed by atoms with Gasteiger partial charge < -0.3 is 10.6 Å². The lowest BCUT2D eigenvalue weighted by atomic mass is 10.1. The van der Waals surface area contributed by atoms with Gasteiger partial charge in [-0.05, 0) is 25.3 Å². The van der Waals surface area contributed by atoms with Gasteiger partial charge in [0.25, 0.3) is 0 Å². The Balaban J connectivity index is 2.31. The zero-order chi connectivity index (χ0) is 11.3. The summed E-state index contributed by atoms with van der Waals surface area (Å²) in [5, 5.41) is 0. The summed E-state index contributed by atoms with van der Waals surface area (Å²) in [6, 6.07) is 0. The van der Waals surface area contributed by atoms with Crippen LogP contribution in [0.25, 0.3) is 0 Å². The lowest BCUT2D eigenvalue weighted by Gasteiger charge is -2.26. The Morgan fingerprint density at radius 3 is 2.53 bits per heavy atom. The number of rotatable bonds is 6. The van der Waals surface area contributed by atoms with E-state index in [0.29, 0.717) is 10.9 Å². The Hall–Kier alpha value is -0.150. The fourth-order valence-corrected chi connectivity index (χ4v) is 2.44. The van der Waals surface area contributed by atoms with E-state index >= 15 is 0 Å². The smallest absolute Gasteiger partial charge is 0.0768 e. The van der Waals surface area contributed by atoms with Crippen LogP contribution < -0.4 is 5.73 Å². The second kappa shape index (κ2) is 6.44. The molecule has 88 valence electrons. The van der Waals surface area contributed by atoms with Crippen molar-refractivity contribution >= 4 is 17.2 Å². The van der Waals surface area contributed by atoms with Crippen molar-refractivity contribution in [2.24, 2.45) is 17.6 Å². The largest absolute Gasteiger partial charge is 0.393 e. The molecule has 0 saturated heterocycles. The second-order valence-corrected chi connectivity index (χ2v) is 5.28. The van der Waals surface area contributed by atoms with E-state index in [-0.39, 0.29) is 0 Å². The molecule has 0 bridgehead atoms. The van der Waals surface area contributed by atoms with Crippen molar-refractivity contribution < 1.29 is 0 Å². The van der Waals surface area contributed by atoms with Crippen LogP contribution in [0.2, 0.25) is 0 Å². The minimum Gasteiger partial charge on any atom is -0.393 e. The van der Waals surface area contributed by atoms with Crippen molar-refractivity contribution in [3.63, 3.8) is 0 Å². The van der Waals surface area contributed by atoms with Gasteiger partial charge in [0.1, 0.15) is 0 Å². The van der Waals surface area contributed by atoms with Crippen LogP contribution in [0.5, 0.6) is 0 Å². The third-order valence-corrected chi connectivity index (χ3v) is 3.86. The molecule has 2 N–H and O–H groups in total. The minimum absolute atomic E-state index is 0.348. The Bertz CT molecular complexity index is 200. The van der Waals surface area contributed by atoms with Gasteiger partial charge in [0.2, 0.25) is 0 Å². The first-order chi connectivity index (χ1) is 7.13. The SMILES string of the molecule is CCN(CC1CCCC1)CC(C)C(N)=S. The van der Waals surface area contributed by atoms with Crippen molar-refractivity contribution in [3.05, 3.63) is 0 Å². The van der Waals surface area contributed by atoms with E-state index in [9.17, 15) is 0 Å². The third-order valence-electron chi connectivity index (χ3n) is 3.46. The second-order valence-electron chi connectivity index (χ2n) is 4.81. The summed E-state index contributed by atoms with van der Waals surface area (Å²) < 4.78 is 0. The van der Waals surface area contributed by atoms with Crippen LogP contribution in [0.4, 0.5) is 0 Å². The van der Waals surface area contributed by atoms with Crippen LogP contribution in [-0.2, 0) is 0 Å². The summed E-state index contributed by atoms with van der Waals surface area (Å²) in [6.45, 7) is 7.73. The molecule has 1 aliphatic rings. The Morgan fingerprint density at radius 1 is 1.47 bits per heavy atom. The topological polar surface area (TPSA) is 29.3 Å². The molecule has 0 spiro atoms. The number of hydrogen-bond acceptors (Lipinski definition) is 2. The molecule has 1 unspecified atom stereocenters. The summed E-state index contributed by atoms with van der Waals surface area (Å²) in [6.07, 6.45) is 5.68. The monoisotopic (exact) mass is 228 g/mol. The molecule has 0 amide bonds. The van der Waals surface area contributed by atoms with Crippen LogP contribution in [0.3, 0.4) is 0 Å². The van der Waals surface area contributed by atoms with E-state index < -0.39 is 0 Å². The summed E-state index contributed by atoms with van der Waals surface area (Å²) in [5.41, 5.74) is 5.65. The van der Waals surface area contributed by atoms with Crippen molar-refractivity contribution in [1.29, 1.82) is 0 Å². The van der Waals surface area contributed by atoms with E-state index in [4.69, 9.17) is 18.0 Å². The Kier molecular flexibility index (Phi) is 5.54. The van der Waals surface area contributed by atoms with Gasteiger partial charge in [0, 0.05) is 19.0 Å². The fraction of sp³-hybridized carbons (Fsp3) is 0.917. The molecule has 1 saturated carbocycles. The van der Waals surface area contributed by atoms with Gasteiger partial charge in [-0.3, -0.25) is 0 Å². The van der Waals surface area contributed by atoms with Crippen LogP contribution in [0.1, 0.15) is 39.5 Å². The summed E-state index contributed by atoms with van der Waals surface area (Å²) in [7, 11) is 0. The van der Waals surface area contributed by atoms with Crippen LogP contribution in [0.15, 0.2) is 0 Å². The maximum Gasteiger partial charge on any atom is 0.0768 e. The molecule has 1 rings (SSSR count). The highest BCUT2D eigenvalue weighted by Crippen LogP contribution is 2.25. The molecule has 2 nitrogen and oxygen atoms in total. The highest BCUT2D eigenvalue weighted by molar-refractivity contribution is 7.80. The molecule has 1 fully saturated rings. The summed E-state index contributed by atoms with van der Waals surface area (Å²) in [4.78, 5) is 3.15. The van der Waals surface area contributed by atoms with Gasteiger partial charge in [-0.15, -0.1) is 0 Å². The summed E-state index contributed by atoms with van der Waals surface area (Å²) >= 11 is 5.02. The molecular formula is C12H24N2S. The lowest BCUT2D eigenvalue weighted by Crippen LogP contribution is -2.36. The normalized spacial score (nSPS) is 19.7. The first-order valence-corrected chi connectivity index (χ1v) is 6.56. The van der Waals surface area contributed by atoms with Crippen molar-refractivity contribution in [3.8, 4) is 0 Å². The first-order valence-electron chi connectivity index (χ1n) is 6.15. The average Bonchev–Trinajstić information content (AvgIpc) is 2.69. The van der Waals surface area contributed by atoms with E-state index in [0.717, 1.165) is 19.0 Å². The molecule has 15 heavy (non-hydrogen) atoms. The quantitative estimate of drug-likeness (QED) is 0.708. The van der Waals surface area contributed by atoms with Crippen molar-refractivity contribution in [2.75, 3.05) is 19.6 Å². The molecule has 1 atom stereocenters. The number of nitrogens with zero attached hydrogens (tertiary/aromatic N) is 1. The van der Waals surface area contributed by atoms with Gasteiger partial charge in [0.05, 0.1) is 4.99 Å². The Morgan fingerprint density at radius 2 is 2.07 bits per heavy atom. The standard InChI is InChI=1S/C12H24N2S/c1-3-14(8-10(2)12(13)15)9-11-6-4-5-7-11/h10-11H,3-9H2,1-2H3,(H2,13,15). The van der Waals surface area contributed by atoms with E-state index in [1.165, 1.54) is 32.2 Å². The van der Waals surface area contributed by atoms with E-state index in [1.54, 1.807) is 0 Å². The molecule has 0 aliphatic heterocycles. The highest BCUT2D eigenvalue weighted by atomic mass is 32.1. The van der Waals surface area contributed by atoms with Gasteiger partial charge >= 0.3 is 0 Å². The molecule has 0 radical (unpaired) electrons. The predicted octanol–water partition coefficient (Wildman–Crippen LogP) is 2.42. The lowest BCUT2D eigenvalue weighted by molar-refractivity contribution is 0.230. The van der Waals surface area contributed by atoms with Crippen molar-refractivity contribution in [2.45, 2.75) is 39.5 Å². The van der Waals surface area contributed by atoms with Gasteiger partial charge in [-0.25, -0.2) is 0 Å². The molecule has 0 aromatic carbocycles.